The molecule has 0 saturated heterocycles. The molecule has 2 rings (SSSR count). The van der Waals surface area contributed by atoms with Crippen LogP contribution in [0.3, 0.4) is 0 Å². The van der Waals surface area contributed by atoms with Crippen molar-refractivity contribution >= 4 is 11.5 Å². The molecule has 0 spiro atoms. The van der Waals surface area contributed by atoms with Crippen molar-refractivity contribution in [1.82, 2.24) is 30.2 Å². The fourth-order valence-electron chi connectivity index (χ4n) is 1.21. The van der Waals surface area contributed by atoms with Crippen molar-refractivity contribution in [2.24, 2.45) is 0 Å². The highest BCUT2D eigenvalue weighted by Crippen LogP contribution is 2.11. The van der Waals surface area contributed by atoms with Crippen LogP contribution in [0.5, 0.6) is 0 Å². The van der Waals surface area contributed by atoms with Gasteiger partial charge in [0.05, 0.1) is 0 Å². The van der Waals surface area contributed by atoms with E-state index in [-0.39, 0.29) is 5.54 Å². The third kappa shape index (κ3) is 2.50. The van der Waals surface area contributed by atoms with E-state index in [2.05, 4.69) is 58.8 Å². The molecular weight excluding hydrogens is 218 g/mol. The lowest BCUT2D eigenvalue weighted by molar-refractivity contribution is 0.210. The summed E-state index contributed by atoms with van der Waals surface area (Å²) in [6, 6.07) is 3.70. The van der Waals surface area contributed by atoms with Gasteiger partial charge in [-0.05, 0) is 50.5 Å². The summed E-state index contributed by atoms with van der Waals surface area (Å²) in [7, 11) is 4.11. The standard InChI is InChI=1S/C10H17N7/c1-10(2,16(3)4)7-11-8-5-6-9-12-14-15-17(9)13-8/h5-6H,7H2,1-4H3,(H,11,13). The van der Waals surface area contributed by atoms with Gasteiger partial charge in [-0.15, -0.1) is 14.8 Å². The zero-order valence-electron chi connectivity index (χ0n) is 10.5. The second-order valence-electron chi connectivity index (χ2n) is 4.81. The molecule has 0 aliphatic heterocycles. The number of likely N-dealkylation sites (N-methyl/N-ethyl adjacent to an activating group) is 1. The molecule has 2 aromatic heterocycles. The first kappa shape index (κ1) is 11.7. The average Bonchev–Trinajstić information content (AvgIpc) is 2.73. The molecule has 7 nitrogen and oxygen atoms in total. The van der Waals surface area contributed by atoms with Crippen LogP contribution in [0.25, 0.3) is 5.65 Å². The number of hydrogen-bond acceptors (Lipinski definition) is 6. The number of aromatic nitrogens is 5. The number of tetrazole rings is 1. The third-order valence-corrected chi connectivity index (χ3v) is 2.98. The monoisotopic (exact) mass is 235 g/mol. The first-order valence-electron chi connectivity index (χ1n) is 5.46. The van der Waals surface area contributed by atoms with Gasteiger partial charge in [-0.2, -0.15) is 0 Å². The first-order valence-corrected chi connectivity index (χ1v) is 5.46. The molecule has 0 amide bonds. The number of rotatable bonds is 4. The molecule has 92 valence electrons. The van der Waals surface area contributed by atoms with Gasteiger partial charge in [0, 0.05) is 12.1 Å². The number of anilines is 1. The van der Waals surface area contributed by atoms with Crippen LogP contribution < -0.4 is 5.32 Å². The molecule has 0 aliphatic carbocycles. The Morgan fingerprint density at radius 2 is 2.12 bits per heavy atom. The summed E-state index contributed by atoms with van der Waals surface area (Å²) in [5.41, 5.74) is 0.694. The average molecular weight is 235 g/mol. The fourth-order valence-corrected chi connectivity index (χ4v) is 1.21. The molecule has 0 saturated carbocycles. The van der Waals surface area contributed by atoms with Gasteiger partial charge in [-0.25, -0.2) is 0 Å². The maximum Gasteiger partial charge on any atom is 0.200 e. The largest absolute Gasteiger partial charge is 0.367 e. The predicted octanol–water partition coefficient (Wildman–Crippen LogP) is 0.271. The van der Waals surface area contributed by atoms with Gasteiger partial charge >= 0.3 is 0 Å². The highest BCUT2D eigenvalue weighted by atomic mass is 15.6. The molecule has 17 heavy (non-hydrogen) atoms. The van der Waals surface area contributed by atoms with Crippen LogP contribution in [0.15, 0.2) is 12.1 Å². The molecule has 0 bridgehead atoms. The Kier molecular flexibility index (Phi) is 2.93. The van der Waals surface area contributed by atoms with E-state index in [4.69, 9.17) is 0 Å². The van der Waals surface area contributed by atoms with E-state index in [0.29, 0.717) is 5.65 Å². The van der Waals surface area contributed by atoms with E-state index in [9.17, 15) is 0 Å². The molecule has 7 heteroatoms. The van der Waals surface area contributed by atoms with E-state index in [1.165, 1.54) is 4.63 Å². The Labute approximate surface area is 99.8 Å². The minimum atomic E-state index is 0.0528. The summed E-state index contributed by atoms with van der Waals surface area (Å²) >= 11 is 0. The highest BCUT2D eigenvalue weighted by molar-refractivity contribution is 5.42. The van der Waals surface area contributed by atoms with Gasteiger partial charge in [0.2, 0.25) is 0 Å². The number of fused-ring (bicyclic) bond motifs is 1. The molecule has 0 aliphatic rings. The zero-order valence-corrected chi connectivity index (χ0v) is 10.5. The summed E-state index contributed by atoms with van der Waals surface area (Å²) in [4.78, 5) is 2.16. The van der Waals surface area contributed by atoms with Crippen molar-refractivity contribution in [3.05, 3.63) is 12.1 Å². The van der Waals surface area contributed by atoms with Crippen LogP contribution in [-0.4, -0.2) is 56.3 Å². The summed E-state index contributed by atoms with van der Waals surface area (Å²) in [6.45, 7) is 5.12. The van der Waals surface area contributed by atoms with E-state index < -0.39 is 0 Å². The topological polar surface area (TPSA) is 71.2 Å². The van der Waals surface area contributed by atoms with Gasteiger partial charge in [0.1, 0.15) is 5.82 Å². The minimum absolute atomic E-state index is 0.0528. The number of nitrogens with one attached hydrogen (secondary N) is 1. The van der Waals surface area contributed by atoms with Crippen LogP contribution in [0.4, 0.5) is 5.82 Å². The molecular formula is C10H17N7. The van der Waals surface area contributed by atoms with E-state index in [0.717, 1.165) is 12.4 Å². The Balaban J connectivity index is 2.08. The fraction of sp³-hybridized carbons (Fsp3) is 0.600. The lowest BCUT2D eigenvalue weighted by Gasteiger charge is -2.32. The maximum atomic E-state index is 4.25. The molecule has 0 unspecified atom stereocenters. The quantitative estimate of drug-likeness (QED) is 0.820. The summed E-state index contributed by atoms with van der Waals surface area (Å²) in [6.07, 6.45) is 0. The summed E-state index contributed by atoms with van der Waals surface area (Å²) < 4.78 is 1.41. The third-order valence-electron chi connectivity index (χ3n) is 2.98. The van der Waals surface area contributed by atoms with Gasteiger partial charge in [-0.3, -0.25) is 0 Å². The smallest absolute Gasteiger partial charge is 0.200 e. The second kappa shape index (κ2) is 4.25. The normalized spacial score (nSPS) is 12.3. The molecule has 1 N–H and O–H groups in total. The summed E-state index contributed by atoms with van der Waals surface area (Å²) in [5, 5.41) is 18.6. The van der Waals surface area contributed by atoms with Crippen molar-refractivity contribution < 1.29 is 0 Å². The van der Waals surface area contributed by atoms with E-state index >= 15 is 0 Å². The lowest BCUT2D eigenvalue weighted by atomic mass is 10.0. The Hall–Kier alpha value is -1.76. The highest BCUT2D eigenvalue weighted by Gasteiger charge is 2.20. The molecule has 0 radical (unpaired) electrons. The zero-order chi connectivity index (χ0) is 12.5. The van der Waals surface area contributed by atoms with Crippen molar-refractivity contribution in [2.75, 3.05) is 26.0 Å². The predicted molar refractivity (Wildman–Crippen MR) is 64.8 cm³/mol. The minimum Gasteiger partial charge on any atom is -0.367 e. The SMILES string of the molecule is CN(C)C(C)(C)CNc1ccc2nnnn2n1. The number of hydrogen-bond donors (Lipinski definition) is 1. The lowest BCUT2D eigenvalue weighted by Crippen LogP contribution is -2.44. The van der Waals surface area contributed by atoms with Gasteiger partial charge in [0.25, 0.3) is 0 Å². The van der Waals surface area contributed by atoms with Crippen LogP contribution >= 0.6 is 0 Å². The van der Waals surface area contributed by atoms with Crippen molar-refractivity contribution in [3.8, 4) is 0 Å². The van der Waals surface area contributed by atoms with Crippen LogP contribution in [-0.2, 0) is 0 Å². The second-order valence-corrected chi connectivity index (χ2v) is 4.81. The van der Waals surface area contributed by atoms with Crippen molar-refractivity contribution in [1.29, 1.82) is 0 Å². The first-order chi connectivity index (χ1) is 7.99. The Morgan fingerprint density at radius 1 is 1.35 bits per heavy atom. The Bertz CT molecular complexity index is 502. The number of nitrogens with zero attached hydrogens (tertiary/aromatic N) is 6. The van der Waals surface area contributed by atoms with E-state index in [1.807, 2.05) is 12.1 Å². The van der Waals surface area contributed by atoms with Crippen molar-refractivity contribution in [2.45, 2.75) is 19.4 Å². The van der Waals surface area contributed by atoms with Crippen LogP contribution in [0.1, 0.15) is 13.8 Å². The van der Waals surface area contributed by atoms with Crippen LogP contribution in [0.2, 0.25) is 0 Å². The molecule has 0 fully saturated rings. The van der Waals surface area contributed by atoms with Gasteiger partial charge < -0.3 is 10.2 Å². The van der Waals surface area contributed by atoms with Gasteiger partial charge in [-0.1, -0.05) is 0 Å². The maximum absolute atomic E-state index is 4.25. The summed E-state index contributed by atoms with van der Waals surface area (Å²) in [5.74, 6) is 0.764. The van der Waals surface area contributed by atoms with Gasteiger partial charge in [0.15, 0.2) is 5.65 Å². The molecule has 2 heterocycles. The molecule has 0 atom stereocenters. The Morgan fingerprint density at radius 3 is 2.82 bits per heavy atom. The van der Waals surface area contributed by atoms with E-state index in [1.54, 1.807) is 0 Å². The van der Waals surface area contributed by atoms with Crippen molar-refractivity contribution in [3.63, 3.8) is 0 Å². The van der Waals surface area contributed by atoms with Crippen LogP contribution in [0, 0.1) is 0 Å². The molecule has 0 aromatic carbocycles. The molecule has 2 aromatic rings.